The first-order chi connectivity index (χ1) is 11.0. The number of carboxylic acid groups (broad SMARTS) is 1. The molecular weight excluding hydrogens is 374 g/mol. The number of aryl methyl sites for hydroxylation is 1. The van der Waals surface area contributed by atoms with Gasteiger partial charge < -0.3 is 9.84 Å². The first kappa shape index (κ1) is 20.5. The summed E-state index contributed by atoms with van der Waals surface area (Å²) in [4.78, 5) is 25.4. The molecule has 6 heteroatoms. The molecule has 1 unspecified atom stereocenters. The van der Waals surface area contributed by atoms with Gasteiger partial charge in [-0.2, -0.15) is 0 Å². The highest BCUT2D eigenvalue weighted by atomic mass is 79.9. The lowest BCUT2D eigenvalue weighted by atomic mass is 10.0. The maximum absolute atomic E-state index is 12.6. The summed E-state index contributed by atoms with van der Waals surface area (Å²) in [6, 6.07) is 2.93. The van der Waals surface area contributed by atoms with E-state index in [4.69, 9.17) is 4.74 Å². The number of amides is 1. The molecule has 5 nitrogen and oxygen atoms in total. The minimum absolute atomic E-state index is 0.185. The van der Waals surface area contributed by atoms with Crippen LogP contribution in [0.1, 0.15) is 50.8 Å². The van der Waals surface area contributed by atoms with Crippen LogP contribution in [-0.4, -0.2) is 33.7 Å². The molecule has 1 atom stereocenters. The Morgan fingerprint density at radius 2 is 1.88 bits per heavy atom. The number of carbonyl (C=O) groups is 2. The molecule has 0 saturated carbocycles. The van der Waals surface area contributed by atoms with Crippen molar-refractivity contribution in [3.63, 3.8) is 0 Å². The Labute approximate surface area is 152 Å². The molecule has 0 radical (unpaired) electrons. The molecular formula is C18H26BrNO4. The molecule has 1 N–H and O–H groups in total. The minimum Gasteiger partial charge on any atom is -0.480 e. The molecule has 0 bridgehead atoms. The molecule has 0 aromatic heterocycles. The zero-order chi connectivity index (χ0) is 18.7. The lowest BCUT2D eigenvalue weighted by Crippen LogP contribution is -2.46. The lowest BCUT2D eigenvalue weighted by molar-refractivity contribution is -0.143. The predicted octanol–water partition coefficient (Wildman–Crippen LogP) is 4.67. The van der Waals surface area contributed by atoms with Gasteiger partial charge in [0.15, 0.2) is 0 Å². The van der Waals surface area contributed by atoms with Crippen LogP contribution in [0.4, 0.5) is 4.79 Å². The van der Waals surface area contributed by atoms with Gasteiger partial charge >= 0.3 is 12.1 Å². The van der Waals surface area contributed by atoms with E-state index >= 15 is 0 Å². The second-order valence-corrected chi connectivity index (χ2v) is 7.64. The van der Waals surface area contributed by atoms with Crippen LogP contribution in [0.2, 0.25) is 0 Å². The van der Waals surface area contributed by atoms with Crippen LogP contribution in [0.15, 0.2) is 16.6 Å². The van der Waals surface area contributed by atoms with Crippen molar-refractivity contribution < 1.29 is 19.4 Å². The van der Waals surface area contributed by atoms with Crippen LogP contribution in [0.3, 0.4) is 0 Å². The fraction of sp³-hybridized carbons (Fsp3) is 0.556. The Balaban J connectivity index is 3.21. The molecule has 0 heterocycles. The van der Waals surface area contributed by atoms with Crippen LogP contribution in [0.5, 0.6) is 0 Å². The molecule has 0 aliphatic carbocycles. The predicted molar refractivity (Wildman–Crippen MR) is 97.1 cm³/mol. The quantitative estimate of drug-likeness (QED) is 0.780. The average Bonchev–Trinajstić information content (AvgIpc) is 2.44. The number of nitrogens with zero attached hydrogens (tertiary/aromatic N) is 1. The molecule has 134 valence electrons. The SMILES string of the molecule is CCC(C(=O)O)N(Cc1ccc(C)c(Br)c1C)C(=O)OC(C)(C)C. The molecule has 0 saturated heterocycles. The Kier molecular flexibility index (Phi) is 6.84. The molecule has 24 heavy (non-hydrogen) atoms. The largest absolute Gasteiger partial charge is 0.480 e. The molecule has 0 fully saturated rings. The van der Waals surface area contributed by atoms with Gasteiger partial charge in [0.25, 0.3) is 0 Å². The van der Waals surface area contributed by atoms with E-state index in [-0.39, 0.29) is 6.54 Å². The Bertz CT molecular complexity index is 622. The van der Waals surface area contributed by atoms with E-state index in [0.717, 1.165) is 21.2 Å². The highest BCUT2D eigenvalue weighted by molar-refractivity contribution is 9.10. The second-order valence-electron chi connectivity index (χ2n) is 6.85. The van der Waals surface area contributed by atoms with E-state index in [1.54, 1.807) is 27.7 Å². The topological polar surface area (TPSA) is 66.8 Å². The van der Waals surface area contributed by atoms with Crippen LogP contribution >= 0.6 is 15.9 Å². The summed E-state index contributed by atoms with van der Waals surface area (Å²) in [5.41, 5.74) is 2.28. The standard InChI is InChI=1S/C18H26BrNO4/c1-7-14(16(21)22)20(17(23)24-18(4,5)6)10-13-9-8-11(2)15(19)12(13)3/h8-9,14H,7,10H2,1-6H3,(H,21,22). The summed E-state index contributed by atoms with van der Waals surface area (Å²) in [6.07, 6.45) is -0.312. The number of halogens is 1. The summed E-state index contributed by atoms with van der Waals surface area (Å²) in [6.45, 7) is 11.1. The van der Waals surface area contributed by atoms with Gasteiger partial charge in [-0.3, -0.25) is 4.90 Å². The first-order valence-corrected chi connectivity index (χ1v) is 8.74. The van der Waals surface area contributed by atoms with Gasteiger partial charge in [0.05, 0.1) is 6.54 Å². The van der Waals surface area contributed by atoms with Crippen molar-refractivity contribution in [2.24, 2.45) is 0 Å². The molecule has 1 aromatic carbocycles. The fourth-order valence-electron chi connectivity index (χ4n) is 2.37. The Morgan fingerprint density at radius 1 is 1.29 bits per heavy atom. The maximum atomic E-state index is 12.6. The zero-order valence-electron chi connectivity index (χ0n) is 15.1. The van der Waals surface area contributed by atoms with Crippen molar-refractivity contribution in [1.82, 2.24) is 4.90 Å². The van der Waals surface area contributed by atoms with Crippen molar-refractivity contribution in [3.8, 4) is 0 Å². The second kappa shape index (κ2) is 8.01. The van der Waals surface area contributed by atoms with Gasteiger partial charge in [-0.25, -0.2) is 9.59 Å². The number of hydrogen-bond donors (Lipinski definition) is 1. The van der Waals surface area contributed by atoms with Gasteiger partial charge in [-0.05, 0) is 57.7 Å². The number of benzene rings is 1. The van der Waals surface area contributed by atoms with Gasteiger partial charge in [-0.1, -0.05) is 35.0 Å². The number of ether oxygens (including phenoxy) is 1. The van der Waals surface area contributed by atoms with Crippen LogP contribution in [0, 0.1) is 13.8 Å². The highest BCUT2D eigenvalue weighted by Crippen LogP contribution is 2.26. The minimum atomic E-state index is -1.04. The molecule has 0 aliphatic heterocycles. The number of rotatable bonds is 5. The molecule has 1 aromatic rings. The summed E-state index contributed by atoms with van der Waals surface area (Å²) < 4.78 is 6.38. The van der Waals surface area contributed by atoms with Crippen molar-refractivity contribution in [3.05, 3.63) is 33.3 Å². The summed E-state index contributed by atoms with van der Waals surface area (Å²) in [7, 11) is 0. The van der Waals surface area contributed by atoms with E-state index in [9.17, 15) is 14.7 Å². The molecule has 1 rings (SSSR count). The van der Waals surface area contributed by atoms with E-state index in [1.165, 1.54) is 4.90 Å². The van der Waals surface area contributed by atoms with Crippen molar-refractivity contribution >= 4 is 28.0 Å². The number of carboxylic acids is 1. The van der Waals surface area contributed by atoms with Crippen LogP contribution in [-0.2, 0) is 16.1 Å². The van der Waals surface area contributed by atoms with Gasteiger partial charge in [0, 0.05) is 4.47 Å². The molecule has 0 aliphatic rings. The normalized spacial score (nSPS) is 12.6. The zero-order valence-corrected chi connectivity index (χ0v) is 16.7. The third-order valence-corrected chi connectivity index (χ3v) is 4.93. The summed E-state index contributed by atoms with van der Waals surface area (Å²) in [5.74, 6) is -1.04. The number of hydrogen-bond acceptors (Lipinski definition) is 3. The molecule has 1 amide bonds. The van der Waals surface area contributed by atoms with Gasteiger partial charge in [0.2, 0.25) is 0 Å². The van der Waals surface area contributed by atoms with E-state index in [1.807, 2.05) is 26.0 Å². The van der Waals surface area contributed by atoms with E-state index in [2.05, 4.69) is 15.9 Å². The number of carbonyl (C=O) groups excluding carboxylic acids is 1. The first-order valence-electron chi connectivity index (χ1n) is 7.95. The van der Waals surface area contributed by atoms with Gasteiger partial charge in [-0.15, -0.1) is 0 Å². The van der Waals surface area contributed by atoms with Crippen molar-refractivity contribution in [1.29, 1.82) is 0 Å². The van der Waals surface area contributed by atoms with Crippen LogP contribution < -0.4 is 0 Å². The maximum Gasteiger partial charge on any atom is 0.411 e. The molecule has 0 spiro atoms. The Morgan fingerprint density at radius 3 is 2.33 bits per heavy atom. The lowest BCUT2D eigenvalue weighted by Gasteiger charge is -2.31. The van der Waals surface area contributed by atoms with Crippen LogP contribution in [0.25, 0.3) is 0 Å². The van der Waals surface area contributed by atoms with Crippen molar-refractivity contribution in [2.45, 2.75) is 66.2 Å². The third kappa shape index (κ3) is 5.23. The van der Waals surface area contributed by atoms with E-state index in [0.29, 0.717) is 6.42 Å². The fourth-order valence-corrected chi connectivity index (χ4v) is 2.75. The van der Waals surface area contributed by atoms with Gasteiger partial charge in [0.1, 0.15) is 11.6 Å². The van der Waals surface area contributed by atoms with E-state index < -0.39 is 23.7 Å². The Hall–Kier alpha value is -1.56. The smallest absolute Gasteiger partial charge is 0.411 e. The van der Waals surface area contributed by atoms with Crippen molar-refractivity contribution in [2.75, 3.05) is 0 Å². The third-order valence-electron chi connectivity index (χ3n) is 3.71. The highest BCUT2D eigenvalue weighted by Gasteiger charge is 2.32. The monoisotopic (exact) mass is 399 g/mol. The average molecular weight is 400 g/mol. The summed E-state index contributed by atoms with van der Waals surface area (Å²) >= 11 is 3.54. The summed E-state index contributed by atoms with van der Waals surface area (Å²) in [5, 5.41) is 9.48. The number of aliphatic carboxylic acids is 1.